The average molecular weight is 415 g/mol. The highest BCUT2D eigenvalue weighted by atomic mass is 16.6. The molecular weight excluding hydrogens is 390 g/mol. The first kappa shape index (κ1) is 20.8. The molecule has 0 bridgehead atoms. The monoisotopic (exact) mass is 415 g/mol. The third-order valence-electron chi connectivity index (χ3n) is 5.72. The summed E-state index contributed by atoms with van der Waals surface area (Å²) in [5, 5.41) is 14.3. The Labute approximate surface area is 181 Å². The summed E-state index contributed by atoms with van der Waals surface area (Å²) >= 11 is 0. The van der Waals surface area contributed by atoms with Crippen molar-refractivity contribution in [3.05, 3.63) is 107 Å². The molecule has 3 aromatic rings. The van der Waals surface area contributed by atoms with Crippen molar-refractivity contribution >= 4 is 11.9 Å². The summed E-state index contributed by atoms with van der Waals surface area (Å²) in [6.45, 7) is -0.459. The molecule has 1 amide bonds. The molecule has 3 aromatic carbocycles. The van der Waals surface area contributed by atoms with Crippen molar-refractivity contribution in [3.8, 4) is 0 Å². The van der Waals surface area contributed by atoms with E-state index in [2.05, 4.69) is 11.4 Å². The van der Waals surface area contributed by atoms with Gasteiger partial charge < -0.3 is 15.2 Å². The average Bonchev–Trinajstić information content (AvgIpc) is 2.83. The molecule has 0 saturated heterocycles. The van der Waals surface area contributed by atoms with Crippen molar-refractivity contribution in [1.82, 2.24) is 5.32 Å². The van der Waals surface area contributed by atoms with E-state index in [0.717, 1.165) is 24.8 Å². The van der Waals surface area contributed by atoms with E-state index in [1.165, 1.54) is 5.56 Å². The highest BCUT2D eigenvalue weighted by Crippen LogP contribution is 2.31. The maximum absolute atomic E-state index is 13.0. The summed E-state index contributed by atoms with van der Waals surface area (Å²) in [6, 6.07) is 25.2. The summed E-state index contributed by atoms with van der Waals surface area (Å²) in [5.74, 6) is -1.28. The number of amides is 1. The molecule has 0 fully saturated rings. The lowest BCUT2D eigenvalue weighted by Gasteiger charge is -2.28. The number of aliphatic hydroxyl groups is 1. The quantitative estimate of drug-likeness (QED) is 0.603. The minimum atomic E-state index is -2.00. The number of carbonyl (C=O) groups excluding carboxylic acids is 2. The number of carbonyl (C=O) groups is 2. The van der Waals surface area contributed by atoms with Crippen LogP contribution in [0.15, 0.2) is 84.9 Å². The molecule has 0 aromatic heterocycles. The predicted octanol–water partition coefficient (Wildman–Crippen LogP) is 3.66. The normalized spacial score (nSPS) is 15.6. The van der Waals surface area contributed by atoms with Crippen molar-refractivity contribution in [3.63, 3.8) is 0 Å². The zero-order valence-electron chi connectivity index (χ0n) is 17.2. The molecule has 31 heavy (non-hydrogen) atoms. The molecule has 5 heteroatoms. The SMILES string of the molecule is O=C(COC(=O)C(O)(c1ccccc1)c1ccccc1)NC1CCCc2ccccc21. The van der Waals surface area contributed by atoms with Crippen LogP contribution < -0.4 is 5.32 Å². The zero-order valence-corrected chi connectivity index (χ0v) is 17.2. The number of rotatable bonds is 6. The maximum Gasteiger partial charge on any atom is 0.348 e. The van der Waals surface area contributed by atoms with Gasteiger partial charge in [-0.25, -0.2) is 4.79 Å². The lowest BCUT2D eigenvalue weighted by molar-refractivity contribution is -0.164. The summed E-state index contributed by atoms with van der Waals surface area (Å²) < 4.78 is 5.31. The summed E-state index contributed by atoms with van der Waals surface area (Å²) in [6.07, 6.45) is 2.83. The van der Waals surface area contributed by atoms with E-state index in [0.29, 0.717) is 11.1 Å². The molecule has 1 aliphatic carbocycles. The number of benzene rings is 3. The Morgan fingerprint density at radius 1 is 0.903 bits per heavy atom. The van der Waals surface area contributed by atoms with Crippen LogP contribution in [0.25, 0.3) is 0 Å². The Kier molecular flexibility index (Phi) is 6.14. The number of esters is 1. The molecular formula is C26H25NO4. The van der Waals surface area contributed by atoms with Gasteiger partial charge in [0.2, 0.25) is 5.60 Å². The van der Waals surface area contributed by atoms with Crippen LogP contribution >= 0.6 is 0 Å². The number of hydrogen-bond donors (Lipinski definition) is 2. The molecule has 1 unspecified atom stereocenters. The molecule has 4 rings (SSSR count). The van der Waals surface area contributed by atoms with Gasteiger partial charge in [-0.2, -0.15) is 0 Å². The topological polar surface area (TPSA) is 75.6 Å². The van der Waals surface area contributed by atoms with Gasteiger partial charge in [-0.1, -0.05) is 84.9 Å². The second-order valence-electron chi connectivity index (χ2n) is 7.73. The van der Waals surface area contributed by atoms with Crippen LogP contribution in [0.1, 0.15) is 41.1 Å². The lowest BCUT2D eigenvalue weighted by Crippen LogP contribution is -2.41. The molecule has 158 valence electrons. The fraction of sp³-hybridized carbons (Fsp3) is 0.231. The largest absolute Gasteiger partial charge is 0.453 e. The zero-order chi connectivity index (χ0) is 21.7. The van der Waals surface area contributed by atoms with Crippen LogP contribution in [0.3, 0.4) is 0 Å². The van der Waals surface area contributed by atoms with Crippen LogP contribution in [-0.4, -0.2) is 23.6 Å². The summed E-state index contributed by atoms with van der Waals surface area (Å²) in [4.78, 5) is 25.6. The predicted molar refractivity (Wildman–Crippen MR) is 117 cm³/mol. The van der Waals surface area contributed by atoms with E-state index in [1.54, 1.807) is 60.7 Å². The first-order valence-electron chi connectivity index (χ1n) is 10.5. The van der Waals surface area contributed by atoms with Gasteiger partial charge in [-0.05, 0) is 41.5 Å². The fourth-order valence-electron chi connectivity index (χ4n) is 4.14. The molecule has 0 spiro atoms. The molecule has 0 aliphatic heterocycles. The fourth-order valence-corrected chi connectivity index (χ4v) is 4.14. The molecule has 5 nitrogen and oxygen atoms in total. The van der Waals surface area contributed by atoms with Crippen molar-refractivity contribution in [2.45, 2.75) is 30.9 Å². The van der Waals surface area contributed by atoms with E-state index < -0.39 is 24.1 Å². The van der Waals surface area contributed by atoms with Gasteiger partial charge in [0, 0.05) is 0 Å². The third kappa shape index (κ3) is 4.37. The maximum atomic E-state index is 13.0. The second-order valence-corrected chi connectivity index (χ2v) is 7.73. The number of hydrogen-bond acceptors (Lipinski definition) is 4. The van der Waals surface area contributed by atoms with Crippen molar-refractivity contribution < 1.29 is 19.4 Å². The highest BCUT2D eigenvalue weighted by molar-refractivity contribution is 5.88. The molecule has 0 radical (unpaired) electrons. The highest BCUT2D eigenvalue weighted by Gasteiger charge is 2.42. The van der Waals surface area contributed by atoms with E-state index in [1.807, 2.05) is 18.2 Å². The van der Waals surface area contributed by atoms with Gasteiger partial charge in [0.1, 0.15) is 0 Å². The van der Waals surface area contributed by atoms with E-state index in [-0.39, 0.29) is 6.04 Å². The van der Waals surface area contributed by atoms with Crippen molar-refractivity contribution in [1.29, 1.82) is 0 Å². The Hall–Kier alpha value is -3.44. The first-order valence-corrected chi connectivity index (χ1v) is 10.5. The van der Waals surface area contributed by atoms with Gasteiger partial charge in [0.15, 0.2) is 6.61 Å². The molecule has 0 heterocycles. The van der Waals surface area contributed by atoms with Gasteiger partial charge in [0.25, 0.3) is 5.91 Å². The van der Waals surface area contributed by atoms with Crippen LogP contribution in [0.5, 0.6) is 0 Å². The van der Waals surface area contributed by atoms with Crippen LogP contribution in [0, 0.1) is 0 Å². The number of fused-ring (bicyclic) bond motifs is 1. The van der Waals surface area contributed by atoms with Gasteiger partial charge in [-0.15, -0.1) is 0 Å². The number of nitrogens with one attached hydrogen (secondary N) is 1. The molecule has 1 atom stereocenters. The van der Waals surface area contributed by atoms with Crippen molar-refractivity contribution in [2.24, 2.45) is 0 Å². The first-order chi connectivity index (χ1) is 15.1. The smallest absolute Gasteiger partial charge is 0.348 e. The lowest BCUT2D eigenvalue weighted by atomic mass is 9.86. The molecule has 0 saturated carbocycles. The summed E-state index contributed by atoms with van der Waals surface area (Å²) in [5.41, 5.74) is 1.11. The third-order valence-corrected chi connectivity index (χ3v) is 5.72. The standard InChI is InChI=1S/C26H25NO4/c28-24(27-23-17-9-11-19-10-7-8-16-22(19)23)18-31-25(29)26(30,20-12-3-1-4-13-20)21-14-5-2-6-15-21/h1-8,10,12-16,23,30H,9,11,17-18H2,(H,27,28). The second kappa shape index (κ2) is 9.14. The molecule has 2 N–H and O–H groups in total. The van der Waals surface area contributed by atoms with Gasteiger partial charge >= 0.3 is 5.97 Å². The Morgan fingerprint density at radius 3 is 2.13 bits per heavy atom. The van der Waals surface area contributed by atoms with Gasteiger partial charge in [-0.3, -0.25) is 4.79 Å². The summed E-state index contributed by atoms with van der Waals surface area (Å²) in [7, 11) is 0. The Balaban J connectivity index is 1.47. The number of ether oxygens (including phenoxy) is 1. The van der Waals surface area contributed by atoms with Crippen LogP contribution in [0.2, 0.25) is 0 Å². The minimum Gasteiger partial charge on any atom is -0.453 e. The van der Waals surface area contributed by atoms with E-state index >= 15 is 0 Å². The Bertz CT molecular complexity index is 1010. The Morgan fingerprint density at radius 2 is 1.48 bits per heavy atom. The number of aryl methyl sites for hydroxylation is 1. The van der Waals surface area contributed by atoms with Crippen LogP contribution in [0.4, 0.5) is 0 Å². The minimum absolute atomic E-state index is 0.0988. The van der Waals surface area contributed by atoms with Crippen LogP contribution in [-0.2, 0) is 26.3 Å². The van der Waals surface area contributed by atoms with E-state index in [9.17, 15) is 14.7 Å². The molecule has 1 aliphatic rings. The van der Waals surface area contributed by atoms with Crippen molar-refractivity contribution in [2.75, 3.05) is 6.61 Å². The van der Waals surface area contributed by atoms with E-state index in [4.69, 9.17) is 4.74 Å². The van der Waals surface area contributed by atoms with Gasteiger partial charge in [0.05, 0.1) is 6.04 Å².